The van der Waals surface area contributed by atoms with Crippen molar-refractivity contribution in [1.29, 1.82) is 0 Å². The highest BCUT2D eigenvalue weighted by atomic mass is 16.5. The number of rotatable bonds is 3. The first-order chi connectivity index (χ1) is 10.6. The van der Waals surface area contributed by atoms with Crippen molar-refractivity contribution in [1.82, 2.24) is 0 Å². The zero-order valence-corrected chi connectivity index (χ0v) is 12.7. The standard InChI is InChI=1S/C18H20N2O2/c1-13(19)15-7-8-17-16(11-15)20(18(21)9-10-22-17)12-14-5-3-2-4-6-14/h2-8,11,13H,9-10,12,19H2,1H3. The number of carbonyl (C=O) groups excluding carboxylic acids is 1. The van der Waals surface area contributed by atoms with E-state index >= 15 is 0 Å². The number of amides is 1. The molecule has 22 heavy (non-hydrogen) atoms. The van der Waals surface area contributed by atoms with Crippen LogP contribution >= 0.6 is 0 Å². The summed E-state index contributed by atoms with van der Waals surface area (Å²) in [7, 11) is 0. The first-order valence-corrected chi connectivity index (χ1v) is 7.52. The van der Waals surface area contributed by atoms with Crippen LogP contribution in [-0.4, -0.2) is 12.5 Å². The van der Waals surface area contributed by atoms with E-state index in [1.165, 1.54) is 0 Å². The van der Waals surface area contributed by atoms with Gasteiger partial charge < -0.3 is 15.4 Å². The second-order valence-electron chi connectivity index (χ2n) is 5.58. The van der Waals surface area contributed by atoms with Crippen LogP contribution in [0.25, 0.3) is 0 Å². The van der Waals surface area contributed by atoms with Gasteiger partial charge in [-0.2, -0.15) is 0 Å². The molecular weight excluding hydrogens is 276 g/mol. The molecule has 0 aromatic heterocycles. The minimum absolute atomic E-state index is 0.0735. The number of anilines is 1. The molecule has 1 heterocycles. The highest BCUT2D eigenvalue weighted by molar-refractivity contribution is 5.95. The summed E-state index contributed by atoms with van der Waals surface area (Å²) in [4.78, 5) is 14.3. The molecule has 3 rings (SSSR count). The molecule has 0 saturated carbocycles. The summed E-state index contributed by atoms with van der Waals surface area (Å²) in [5.74, 6) is 0.815. The number of nitrogens with two attached hydrogens (primary N) is 1. The van der Waals surface area contributed by atoms with Crippen molar-refractivity contribution in [2.75, 3.05) is 11.5 Å². The molecule has 0 bridgehead atoms. The van der Waals surface area contributed by atoms with Crippen LogP contribution in [0.5, 0.6) is 5.75 Å². The topological polar surface area (TPSA) is 55.6 Å². The average Bonchev–Trinajstić information content (AvgIpc) is 2.68. The fourth-order valence-corrected chi connectivity index (χ4v) is 2.61. The average molecular weight is 296 g/mol. The number of hydrogen-bond donors (Lipinski definition) is 1. The summed E-state index contributed by atoms with van der Waals surface area (Å²) in [5, 5.41) is 0. The molecule has 4 nitrogen and oxygen atoms in total. The first kappa shape index (κ1) is 14.6. The fraction of sp³-hybridized carbons (Fsp3) is 0.278. The zero-order chi connectivity index (χ0) is 15.5. The van der Waals surface area contributed by atoms with Gasteiger partial charge in [-0.15, -0.1) is 0 Å². The Kier molecular flexibility index (Phi) is 4.11. The molecule has 0 saturated heterocycles. The lowest BCUT2D eigenvalue weighted by Gasteiger charge is -2.23. The van der Waals surface area contributed by atoms with E-state index in [1.54, 1.807) is 4.90 Å². The quantitative estimate of drug-likeness (QED) is 0.947. The van der Waals surface area contributed by atoms with Crippen LogP contribution in [-0.2, 0) is 11.3 Å². The van der Waals surface area contributed by atoms with Crippen LogP contribution in [0, 0.1) is 0 Å². The highest BCUT2D eigenvalue weighted by Crippen LogP contribution is 2.34. The Bertz CT molecular complexity index is 668. The fourth-order valence-electron chi connectivity index (χ4n) is 2.61. The Morgan fingerprint density at radius 1 is 1.23 bits per heavy atom. The van der Waals surface area contributed by atoms with Crippen molar-refractivity contribution < 1.29 is 9.53 Å². The van der Waals surface area contributed by atoms with E-state index in [0.717, 1.165) is 22.6 Å². The van der Waals surface area contributed by atoms with Gasteiger partial charge in [-0.25, -0.2) is 0 Å². The number of benzene rings is 2. The summed E-state index contributed by atoms with van der Waals surface area (Å²) < 4.78 is 5.72. The number of hydrogen-bond acceptors (Lipinski definition) is 3. The van der Waals surface area contributed by atoms with Crippen LogP contribution in [0.15, 0.2) is 48.5 Å². The lowest BCUT2D eigenvalue weighted by molar-refractivity contribution is -0.118. The Labute approximate surface area is 130 Å². The molecule has 2 aromatic rings. The molecule has 0 aliphatic carbocycles. The van der Waals surface area contributed by atoms with E-state index < -0.39 is 0 Å². The summed E-state index contributed by atoms with van der Waals surface area (Å²) in [6, 6.07) is 15.7. The van der Waals surface area contributed by atoms with Crippen molar-refractivity contribution in [3.8, 4) is 5.75 Å². The van der Waals surface area contributed by atoms with Crippen molar-refractivity contribution in [3.63, 3.8) is 0 Å². The van der Waals surface area contributed by atoms with Crippen molar-refractivity contribution in [2.24, 2.45) is 5.73 Å². The van der Waals surface area contributed by atoms with E-state index in [0.29, 0.717) is 19.6 Å². The van der Waals surface area contributed by atoms with Gasteiger partial charge in [0.15, 0.2) is 0 Å². The molecule has 1 atom stereocenters. The second kappa shape index (κ2) is 6.20. The molecule has 1 amide bonds. The lowest BCUT2D eigenvalue weighted by Crippen LogP contribution is -2.29. The largest absolute Gasteiger partial charge is 0.491 e. The third-order valence-electron chi connectivity index (χ3n) is 3.86. The molecule has 1 aliphatic rings. The maximum absolute atomic E-state index is 12.5. The Hall–Kier alpha value is -2.33. The van der Waals surface area contributed by atoms with E-state index in [1.807, 2.05) is 55.5 Å². The molecule has 0 fully saturated rings. The minimum atomic E-state index is -0.0813. The van der Waals surface area contributed by atoms with Crippen LogP contribution in [0.1, 0.15) is 30.5 Å². The Morgan fingerprint density at radius 2 is 2.00 bits per heavy atom. The molecule has 4 heteroatoms. The van der Waals surface area contributed by atoms with Gasteiger partial charge in [0.2, 0.25) is 5.91 Å². The van der Waals surface area contributed by atoms with Gasteiger partial charge in [-0.3, -0.25) is 4.79 Å². The second-order valence-corrected chi connectivity index (χ2v) is 5.58. The first-order valence-electron chi connectivity index (χ1n) is 7.52. The molecule has 1 aliphatic heterocycles. The monoisotopic (exact) mass is 296 g/mol. The summed E-state index contributed by atoms with van der Waals surface area (Å²) >= 11 is 0. The molecular formula is C18H20N2O2. The van der Waals surface area contributed by atoms with Crippen LogP contribution in [0.3, 0.4) is 0 Å². The smallest absolute Gasteiger partial charge is 0.230 e. The SMILES string of the molecule is CC(N)c1ccc2c(c1)N(Cc1ccccc1)C(=O)CCO2. The van der Waals surface area contributed by atoms with Gasteiger partial charge in [-0.1, -0.05) is 36.4 Å². The number of nitrogens with zero attached hydrogens (tertiary/aromatic N) is 1. The van der Waals surface area contributed by atoms with Gasteiger partial charge in [-0.05, 0) is 30.2 Å². The van der Waals surface area contributed by atoms with Gasteiger partial charge in [0, 0.05) is 6.04 Å². The maximum Gasteiger partial charge on any atom is 0.230 e. The summed E-state index contributed by atoms with van der Waals surface area (Å²) in [5.41, 5.74) is 8.87. The molecule has 0 spiro atoms. The van der Waals surface area contributed by atoms with Crippen LogP contribution in [0.2, 0.25) is 0 Å². The van der Waals surface area contributed by atoms with E-state index in [-0.39, 0.29) is 11.9 Å². The predicted octanol–water partition coefficient (Wildman–Crippen LogP) is 3.02. The Balaban J connectivity index is 2.01. The van der Waals surface area contributed by atoms with Crippen LogP contribution < -0.4 is 15.4 Å². The van der Waals surface area contributed by atoms with Crippen molar-refractivity contribution in [2.45, 2.75) is 25.9 Å². The van der Waals surface area contributed by atoms with Crippen molar-refractivity contribution >= 4 is 11.6 Å². The normalized spacial score (nSPS) is 15.7. The van der Waals surface area contributed by atoms with Gasteiger partial charge in [0.05, 0.1) is 25.3 Å². The predicted molar refractivity (Wildman–Crippen MR) is 86.8 cm³/mol. The summed E-state index contributed by atoms with van der Waals surface area (Å²) in [6.45, 7) is 2.88. The third-order valence-corrected chi connectivity index (χ3v) is 3.86. The van der Waals surface area contributed by atoms with Gasteiger partial charge >= 0.3 is 0 Å². The van der Waals surface area contributed by atoms with E-state index in [4.69, 9.17) is 10.5 Å². The number of fused-ring (bicyclic) bond motifs is 1. The maximum atomic E-state index is 12.5. The molecule has 2 N–H and O–H groups in total. The van der Waals surface area contributed by atoms with E-state index in [2.05, 4.69) is 0 Å². The highest BCUT2D eigenvalue weighted by Gasteiger charge is 2.24. The zero-order valence-electron chi connectivity index (χ0n) is 12.7. The molecule has 114 valence electrons. The molecule has 2 aromatic carbocycles. The number of ether oxygens (including phenoxy) is 1. The molecule has 0 radical (unpaired) electrons. The molecule has 1 unspecified atom stereocenters. The minimum Gasteiger partial charge on any atom is -0.491 e. The number of carbonyl (C=O) groups is 1. The van der Waals surface area contributed by atoms with E-state index in [9.17, 15) is 4.79 Å². The lowest BCUT2D eigenvalue weighted by atomic mass is 10.1. The summed E-state index contributed by atoms with van der Waals surface area (Å²) in [6.07, 6.45) is 0.384. The Morgan fingerprint density at radius 3 is 2.73 bits per heavy atom. The van der Waals surface area contributed by atoms with Gasteiger partial charge in [0.1, 0.15) is 5.75 Å². The van der Waals surface area contributed by atoms with Crippen molar-refractivity contribution in [3.05, 3.63) is 59.7 Å². The van der Waals surface area contributed by atoms with Gasteiger partial charge in [0.25, 0.3) is 0 Å². The van der Waals surface area contributed by atoms with Crippen LogP contribution in [0.4, 0.5) is 5.69 Å². The third kappa shape index (κ3) is 2.97.